The summed E-state index contributed by atoms with van der Waals surface area (Å²) in [5, 5.41) is 7.36. The van der Waals surface area contributed by atoms with Crippen molar-refractivity contribution < 1.29 is 0 Å². The van der Waals surface area contributed by atoms with Gasteiger partial charge in [0.1, 0.15) is 5.82 Å². The van der Waals surface area contributed by atoms with Crippen LogP contribution in [0.5, 0.6) is 0 Å². The van der Waals surface area contributed by atoms with Gasteiger partial charge in [0, 0.05) is 31.4 Å². The number of hydrogen-bond donors (Lipinski definition) is 2. The lowest BCUT2D eigenvalue weighted by Crippen LogP contribution is -2.38. The highest BCUT2D eigenvalue weighted by Gasteiger charge is 2.25. The first-order valence-corrected chi connectivity index (χ1v) is 12.6. The summed E-state index contributed by atoms with van der Waals surface area (Å²) in [4.78, 5) is 7.13. The lowest BCUT2D eigenvalue weighted by atomic mass is 9.91. The number of allylic oxidation sites excluding steroid dienone is 3. The molecule has 1 fully saturated rings. The maximum Gasteiger partial charge on any atom is 0.132 e. The molecule has 0 saturated carbocycles. The highest BCUT2D eigenvalue weighted by molar-refractivity contribution is 6.08. The van der Waals surface area contributed by atoms with Crippen LogP contribution in [0.4, 0.5) is 11.5 Å². The van der Waals surface area contributed by atoms with E-state index in [4.69, 9.17) is 10.8 Å². The second-order valence-electron chi connectivity index (χ2n) is 9.14. The van der Waals surface area contributed by atoms with Gasteiger partial charge in [0.2, 0.25) is 0 Å². The van der Waals surface area contributed by atoms with E-state index < -0.39 is 0 Å². The Morgan fingerprint density at radius 1 is 1.17 bits per heavy atom. The quantitative estimate of drug-likeness (QED) is 0.268. The zero-order valence-electron chi connectivity index (χ0n) is 22.7. The van der Waals surface area contributed by atoms with E-state index in [0.717, 1.165) is 49.6 Å². The van der Waals surface area contributed by atoms with Crippen LogP contribution >= 0.6 is 0 Å². The number of hydrazone groups is 1. The molecule has 0 unspecified atom stereocenters. The van der Waals surface area contributed by atoms with Gasteiger partial charge in [-0.05, 0) is 99.2 Å². The van der Waals surface area contributed by atoms with Crippen molar-refractivity contribution in [2.75, 3.05) is 23.3 Å². The maximum atomic E-state index is 5.79. The summed E-state index contributed by atoms with van der Waals surface area (Å²) in [6.07, 6.45) is 8.49. The van der Waals surface area contributed by atoms with Crippen molar-refractivity contribution in [1.29, 1.82) is 0 Å². The number of aromatic nitrogens is 1. The summed E-state index contributed by atoms with van der Waals surface area (Å²) in [7, 11) is 0. The number of benzene rings is 1. The molecule has 35 heavy (non-hydrogen) atoms. The van der Waals surface area contributed by atoms with E-state index in [1.54, 1.807) is 6.20 Å². The van der Waals surface area contributed by atoms with Gasteiger partial charge in [-0.15, -0.1) is 0 Å². The first-order valence-electron chi connectivity index (χ1n) is 12.6. The molecule has 1 aromatic heterocycles. The van der Waals surface area contributed by atoms with Crippen molar-refractivity contribution in [3.8, 4) is 0 Å². The summed E-state index contributed by atoms with van der Waals surface area (Å²) < 4.78 is 0. The van der Waals surface area contributed by atoms with Crippen molar-refractivity contribution in [2.45, 2.75) is 67.7 Å². The molecule has 1 aliphatic heterocycles. The monoisotopic (exact) mass is 473 g/mol. The fraction of sp³-hybridized carbons (Fsp3) is 0.400. The Morgan fingerprint density at radius 3 is 2.43 bits per heavy atom. The fourth-order valence-corrected chi connectivity index (χ4v) is 4.12. The highest BCUT2D eigenvalue weighted by atomic mass is 15.2. The molecule has 0 amide bonds. The number of nitrogens with one attached hydrogen (secondary N) is 1. The minimum atomic E-state index is 0.763. The van der Waals surface area contributed by atoms with Crippen molar-refractivity contribution in [1.82, 2.24) is 4.98 Å². The van der Waals surface area contributed by atoms with Gasteiger partial charge in [0.05, 0.1) is 5.71 Å². The number of anilines is 2. The number of piperidine rings is 1. The molecule has 188 valence electrons. The molecule has 1 saturated heterocycles. The number of nitrogens with zero attached hydrogens (tertiary/aromatic N) is 3. The Hall–Kier alpha value is -3.34. The van der Waals surface area contributed by atoms with E-state index >= 15 is 0 Å². The minimum Gasteiger partial charge on any atom is -0.362 e. The predicted molar refractivity (Wildman–Crippen MR) is 154 cm³/mol. The first kappa shape index (κ1) is 27.9. The van der Waals surface area contributed by atoms with E-state index in [0.29, 0.717) is 0 Å². The average molecular weight is 474 g/mol. The molecule has 0 radical (unpaired) electrons. The van der Waals surface area contributed by atoms with Gasteiger partial charge in [-0.2, -0.15) is 5.10 Å². The summed E-state index contributed by atoms with van der Waals surface area (Å²) in [6.45, 7) is 20.2. The van der Waals surface area contributed by atoms with E-state index in [9.17, 15) is 0 Å². The maximum absolute atomic E-state index is 5.79. The molecule has 3 N–H and O–H groups in total. The van der Waals surface area contributed by atoms with E-state index in [-0.39, 0.29) is 0 Å². The topological polar surface area (TPSA) is 66.5 Å². The lowest BCUT2D eigenvalue weighted by Gasteiger charge is -2.33. The number of pyridine rings is 1. The largest absolute Gasteiger partial charge is 0.362 e. The van der Waals surface area contributed by atoms with Crippen LogP contribution in [0.15, 0.2) is 65.6 Å². The van der Waals surface area contributed by atoms with Crippen LogP contribution in [0.1, 0.15) is 70.2 Å². The Morgan fingerprint density at radius 2 is 1.86 bits per heavy atom. The molecule has 3 rings (SSSR count). The zero-order chi connectivity index (χ0) is 26.0. The average Bonchev–Trinajstić information content (AvgIpc) is 2.88. The normalized spacial score (nSPS) is 15.7. The summed E-state index contributed by atoms with van der Waals surface area (Å²) in [6, 6.07) is 8.77. The van der Waals surface area contributed by atoms with Gasteiger partial charge in [-0.1, -0.05) is 44.2 Å². The van der Waals surface area contributed by atoms with E-state index in [1.165, 1.54) is 39.0 Å². The molecular formula is C30H43N5. The zero-order valence-corrected chi connectivity index (χ0v) is 22.7. The fourth-order valence-electron chi connectivity index (χ4n) is 4.12. The molecule has 0 spiro atoms. The standard InChI is InChI=1S/C25H33N5.C5H10/c1-6-19-14-21(9-10-23(19)27-8-3)18(5)22-16-30(12-11-24(22)29-26)25-20(7-2)13-17(4)15-28-25;1-4-5(2)3/h8-10,13-15,27H,3,6-7,11-12,16,26H2,1-2,4-5H3;4H,1-3H3/b22-18+,29-24-;. The molecule has 2 aromatic rings. The van der Waals surface area contributed by atoms with Crippen molar-refractivity contribution in [2.24, 2.45) is 10.9 Å². The van der Waals surface area contributed by atoms with Gasteiger partial charge >= 0.3 is 0 Å². The highest BCUT2D eigenvalue weighted by Crippen LogP contribution is 2.30. The summed E-state index contributed by atoms with van der Waals surface area (Å²) >= 11 is 0. The molecule has 2 heterocycles. The molecule has 1 aromatic carbocycles. The first-order chi connectivity index (χ1) is 16.8. The van der Waals surface area contributed by atoms with Crippen LogP contribution in [0, 0.1) is 6.92 Å². The molecule has 0 bridgehead atoms. The van der Waals surface area contributed by atoms with Gasteiger partial charge < -0.3 is 16.1 Å². The van der Waals surface area contributed by atoms with Gasteiger partial charge in [0.25, 0.3) is 0 Å². The molecule has 0 aliphatic carbocycles. The summed E-state index contributed by atoms with van der Waals surface area (Å²) in [5.41, 5.74) is 10.8. The van der Waals surface area contributed by atoms with Gasteiger partial charge in [-0.25, -0.2) is 4.98 Å². The third-order valence-electron chi connectivity index (χ3n) is 6.44. The lowest BCUT2D eigenvalue weighted by molar-refractivity contribution is 0.796. The Kier molecular flexibility index (Phi) is 10.8. The van der Waals surface area contributed by atoms with Crippen LogP contribution < -0.4 is 16.1 Å². The number of rotatable bonds is 6. The van der Waals surface area contributed by atoms with Gasteiger partial charge in [0.15, 0.2) is 0 Å². The van der Waals surface area contributed by atoms with E-state index in [1.807, 2.05) is 13.1 Å². The third kappa shape index (κ3) is 7.32. The SMILES string of the molecule is C=CNc1ccc(/C(C)=C2\CN(c3ncc(C)cc3CC)CC\C2=N\N)cc1CC.CC=C(C)C. The molecule has 1 aliphatic rings. The van der Waals surface area contributed by atoms with Crippen LogP contribution in [-0.2, 0) is 12.8 Å². The number of hydrogen-bond acceptors (Lipinski definition) is 5. The van der Waals surface area contributed by atoms with Crippen LogP contribution in [0.2, 0.25) is 0 Å². The number of nitrogens with two attached hydrogens (primary N) is 1. The van der Waals surface area contributed by atoms with E-state index in [2.05, 4.69) is 93.8 Å². The minimum absolute atomic E-state index is 0.763. The molecule has 5 heteroatoms. The summed E-state index contributed by atoms with van der Waals surface area (Å²) in [5.74, 6) is 6.86. The Balaban J connectivity index is 0.000000784. The van der Waals surface area contributed by atoms with Crippen molar-refractivity contribution in [3.63, 3.8) is 0 Å². The Bertz CT molecular complexity index is 1100. The third-order valence-corrected chi connectivity index (χ3v) is 6.44. The van der Waals surface area contributed by atoms with Crippen LogP contribution in [0.3, 0.4) is 0 Å². The van der Waals surface area contributed by atoms with Crippen LogP contribution in [-0.4, -0.2) is 23.8 Å². The number of aryl methyl sites for hydroxylation is 3. The molecule has 0 atom stereocenters. The second-order valence-corrected chi connectivity index (χ2v) is 9.14. The van der Waals surface area contributed by atoms with Crippen molar-refractivity contribution >= 4 is 22.8 Å². The smallest absolute Gasteiger partial charge is 0.132 e. The second kappa shape index (κ2) is 13.5. The Labute approximate surface area is 212 Å². The predicted octanol–water partition coefficient (Wildman–Crippen LogP) is 7.04. The molecule has 5 nitrogen and oxygen atoms in total. The van der Waals surface area contributed by atoms with Crippen LogP contribution in [0.25, 0.3) is 5.57 Å². The molecular weight excluding hydrogens is 430 g/mol. The van der Waals surface area contributed by atoms with Crippen molar-refractivity contribution in [3.05, 3.63) is 82.7 Å². The van der Waals surface area contributed by atoms with Gasteiger partial charge in [-0.3, -0.25) is 0 Å².